The van der Waals surface area contributed by atoms with E-state index in [1.807, 2.05) is 18.2 Å². The number of halogens is 1. The highest BCUT2D eigenvalue weighted by molar-refractivity contribution is 6.07. The van der Waals surface area contributed by atoms with Gasteiger partial charge in [-0.1, -0.05) is 30.3 Å². The fourth-order valence-electron chi connectivity index (χ4n) is 3.85. The second-order valence-electron chi connectivity index (χ2n) is 7.57. The number of H-pyrrole nitrogens is 1. The number of ether oxygens (including phenoxy) is 1. The summed E-state index contributed by atoms with van der Waals surface area (Å²) in [5.41, 5.74) is 1.47. The zero-order chi connectivity index (χ0) is 20.8. The number of aromatic amines is 1. The molecule has 5 rings (SSSR count). The maximum Gasteiger partial charge on any atom is 0.419 e. The minimum Gasteiger partial charge on any atom is -0.404 e. The molecule has 3 aromatic rings. The number of hydrogen-bond donors (Lipinski definition) is 2. The summed E-state index contributed by atoms with van der Waals surface area (Å²) in [4.78, 5) is 38.8. The van der Waals surface area contributed by atoms with Gasteiger partial charge in [-0.3, -0.25) is 14.9 Å². The number of nitrogens with one attached hydrogen (secondary N) is 2. The van der Waals surface area contributed by atoms with E-state index in [4.69, 9.17) is 4.74 Å². The van der Waals surface area contributed by atoms with Crippen LogP contribution in [-0.2, 0) is 9.53 Å². The van der Waals surface area contributed by atoms with Gasteiger partial charge in [-0.15, -0.1) is 0 Å². The number of carbonyl (C=O) groups is 2. The molecule has 1 aromatic heterocycles. The Bertz CT molecular complexity index is 1290. The molecule has 0 radical (unpaired) electrons. The van der Waals surface area contributed by atoms with E-state index in [9.17, 15) is 18.8 Å². The van der Waals surface area contributed by atoms with Gasteiger partial charge in [0, 0.05) is 22.6 Å². The molecule has 2 heterocycles. The van der Waals surface area contributed by atoms with Gasteiger partial charge in [0.2, 0.25) is 0 Å². The van der Waals surface area contributed by atoms with Crippen molar-refractivity contribution in [1.29, 1.82) is 0 Å². The van der Waals surface area contributed by atoms with Crippen LogP contribution in [0, 0.1) is 11.7 Å². The largest absolute Gasteiger partial charge is 0.419 e. The van der Waals surface area contributed by atoms with Crippen LogP contribution >= 0.6 is 0 Å². The number of carbonyl (C=O) groups excluding carboxylic acids is 2. The molecular weight excluding hydrogens is 387 g/mol. The van der Waals surface area contributed by atoms with Crippen molar-refractivity contribution in [3.63, 3.8) is 0 Å². The number of alkyl carbamates (subject to hydrolysis) is 1. The maximum absolute atomic E-state index is 14.1. The van der Waals surface area contributed by atoms with E-state index in [1.54, 1.807) is 30.3 Å². The molecule has 1 aliphatic carbocycles. The van der Waals surface area contributed by atoms with Crippen LogP contribution in [-0.4, -0.2) is 17.0 Å². The van der Waals surface area contributed by atoms with Gasteiger partial charge in [0.25, 0.3) is 11.5 Å². The number of cyclic esters (lactones) is 1. The molecule has 2 aliphatic rings. The van der Waals surface area contributed by atoms with Crippen LogP contribution in [0.5, 0.6) is 0 Å². The van der Waals surface area contributed by atoms with Gasteiger partial charge in [0.15, 0.2) is 5.76 Å². The fourth-order valence-corrected chi connectivity index (χ4v) is 3.85. The first-order valence-electron chi connectivity index (χ1n) is 9.66. The zero-order valence-corrected chi connectivity index (χ0v) is 15.8. The van der Waals surface area contributed by atoms with Crippen LogP contribution in [0.2, 0.25) is 0 Å². The van der Waals surface area contributed by atoms with Crippen molar-refractivity contribution in [3.8, 4) is 11.3 Å². The number of hydrogen-bond acceptors (Lipinski definition) is 4. The highest BCUT2D eigenvalue weighted by Crippen LogP contribution is 2.43. The van der Waals surface area contributed by atoms with E-state index in [-0.39, 0.29) is 29.0 Å². The average molecular weight is 404 g/mol. The minimum atomic E-state index is -0.811. The highest BCUT2D eigenvalue weighted by Gasteiger charge is 2.36. The summed E-state index contributed by atoms with van der Waals surface area (Å²) in [5, 5.41) is 3.32. The Labute approximate surface area is 170 Å². The average Bonchev–Trinajstić information content (AvgIpc) is 3.51. The zero-order valence-electron chi connectivity index (χ0n) is 15.8. The number of benzene rings is 2. The van der Waals surface area contributed by atoms with Crippen molar-refractivity contribution in [2.75, 3.05) is 0 Å². The Hall–Kier alpha value is -3.74. The minimum absolute atomic E-state index is 0.0784. The van der Waals surface area contributed by atoms with Crippen LogP contribution in [0.25, 0.3) is 22.0 Å². The maximum atomic E-state index is 14.1. The van der Waals surface area contributed by atoms with Gasteiger partial charge in [0.05, 0.1) is 0 Å². The van der Waals surface area contributed by atoms with Gasteiger partial charge in [0.1, 0.15) is 5.82 Å². The molecule has 1 aliphatic heterocycles. The number of rotatable bonds is 4. The first-order valence-corrected chi connectivity index (χ1v) is 9.66. The molecule has 1 saturated carbocycles. The number of fused-ring (bicyclic) bond motifs is 1. The van der Waals surface area contributed by atoms with Crippen molar-refractivity contribution in [1.82, 2.24) is 10.3 Å². The van der Waals surface area contributed by atoms with E-state index in [2.05, 4.69) is 10.3 Å². The predicted molar refractivity (Wildman–Crippen MR) is 108 cm³/mol. The van der Waals surface area contributed by atoms with Crippen LogP contribution in [0.4, 0.5) is 9.18 Å². The molecule has 1 saturated heterocycles. The second-order valence-corrected chi connectivity index (χ2v) is 7.57. The first-order chi connectivity index (χ1) is 14.5. The molecule has 2 amide bonds. The van der Waals surface area contributed by atoms with E-state index in [0.717, 1.165) is 18.2 Å². The van der Waals surface area contributed by atoms with Crippen molar-refractivity contribution in [2.24, 2.45) is 5.92 Å². The number of allylic oxidation sites excluding steroid dienone is 1. The van der Waals surface area contributed by atoms with Crippen LogP contribution < -0.4 is 10.9 Å². The first kappa shape index (κ1) is 18.3. The van der Waals surface area contributed by atoms with Crippen molar-refractivity contribution in [3.05, 3.63) is 82.1 Å². The summed E-state index contributed by atoms with van der Waals surface area (Å²) in [5.74, 6) is -1.12. The van der Waals surface area contributed by atoms with Gasteiger partial charge in [-0.2, -0.15) is 0 Å². The number of aromatic nitrogens is 1. The molecule has 7 heteroatoms. The number of imide groups is 1. The van der Waals surface area contributed by atoms with E-state index in [0.29, 0.717) is 22.2 Å². The molecule has 150 valence electrons. The molecule has 0 bridgehead atoms. The Morgan fingerprint density at radius 2 is 1.90 bits per heavy atom. The Balaban J connectivity index is 1.52. The summed E-state index contributed by atoms with van der Waals surface area (Å²) >= 11 is 0. The van der Waals surface area contributed by atoms with Gasteiger partial charge < -0.3 is 9.72 Å². The Morgan fingerprint density at radius 1 is 1.07 bits per heavy atom. The summed E-state index contributed by atoms with van der Waals surface area (Å²) < 4.78 is 19.0. The standard InChI is InChI=1S/C23H17FN2O4/c24-18-3-1-2-12-6-7-14(10-17(12)18)19-9-8-15(21(27)25-19)16(13-4-5-13)11-20-22(28)26-23(29)30-20/h1-3,6-11,13,16H,4-5H2,(H,25,27)(H,26,28,29). The normalized spacial score (nSPS) is 18.5. The van der Waals surface area contributed by atoms with Crippen LogP contribution in [0.1, 0.15) is 24.3 Å². The molecule has 2 fully saturated rings. The SMILES string of the molecule is O=C1NC(=O)C(=CC(c2ccc(-c3ccc4cccc(F)c4c3)[nH]c2=O)C2CC2)O1. The molecule has 30 heavy (non-hydrogen) atoms. The van der Waals surface area contributed by atoms with Crippen LogP contribution in [0.15, 0.2) is 65.2 Å². The number of amides is 2. The molecule has 6 nitrogen and oxygen atoms in total. The summed E-state index contributed by atoms with van der Waals surface area (Å²) in [7, 11) is 0. The van der Waals surface area contributed by atoms with E-state index >= 15 is 0 Å². The third kappa shape index (κ3) is 3.28. The lowest BCUT2D eigenvalue weighted by molar-refractivity contribution is -0.116. The summed E-state index contributed by atoms with van der Waals surface area (Å²) in [6, 6.07) is 13.7. The lowest BCUT2D eigenvalue weighted by Gasteiger charge is -2.13. The third-order valence-electron chi connectivity index (χ3n) is 5.54. The smallest absolute Gasteiger partial charge is 0.404 e. The molecule has 2 aromatic carbocycles. The van der Waals surface area contributed by atoms with Crippen molar-refractivity contribution < 1.29 is 18.7 Å². The predicted octanol–water partition coefficient (Wildman–Crippen LogP) is 3.98. The van der Waals surface area contributed by atoms with Gasteiger partial charge in [-0.25, -0.2) is 9.18 Å². The number of pyridine rings is 1. The summed E-state index contributed by atoms with van der Waals surface area (Å²) in [6.07, 6.45) is 2.59. The highest BCUT2D eigenvalue weighted by atomic mass is 19.1. The molecular formula is C23H17FN2O4. The molecule has 2 N–H and O–H groups in total. The Kier molecular flexibility index (Phi) is 4.24. The van der Waals surface area contributed by atoms with Gasteiger partial charge >= 0.3 is 6.09 Å². The second kappa shape index (κ2) is 6.95. The van der Waals surface area contributed by atoms with Crippen molar-refractivity contribution in [2.45, 2.75) is 18.8 Å². The lowest BCUT2D eigenvalue weighted by Crippen LogP contribution is -2.20. The molecule has 1 unspecified atom stereocenters. The van der Waals surface area contributed by atoms with Crippen LogP contribution in [0.3, 0.4) is 0 Å². The van der Waals surface area contributed by atoms with Crippen molar-refractivity contribution >= 4 is 22.8 Å². The summed E-state index contributed by atoms with van der Waals surface area (Å²) in [6.45, 7) is 0. The monoisotopic (exact) mass is 404 g/mol. The quantitative estimate of drug-likeness (QED) is 0.644. The fraction of sp³-hybridized carbons (Fsp3) is 0.174. The molecule has 0 spiro atoms. The topological polar surface area (TPSA) is 88.3 Å². The van der Waals surface area contributed by atoms with Gasteiger partial charge in [-0.05, 0) is 54.0 Å². The lowest BCUT2D eigenvalue weighted by atomic mass is 9.93. The van der Waals surface area contributed by atoms with E-state index in [1.165, 1.54) is 6.07 Å². The Morgan fingerprint density at radius 3 is 2.60 bits per heavy atom. The third-order valence-corrected chi connectivity index (χ3v) is 5.54. The van der Waals surface area contributed by atoms with E-state index < -0.39 is 12.0 Å². The molecule has 1 atom stereocenters.